The number of aliphatic hydroxyl groups is 1. The van der Waals surface area contributed by atoms with E-state index in [4.69, 9.17) is 9.72 Å². The quantitative estimate of drug-likeness (QED) is 0.210. The molecule has 3 heterocycles. The number of nitrogens with zero attached hydrogens (tertiary/aromatic N) is 4. The molecule has 1 aliphatic carbocycles. The van der Waals surface area contributed by atoms with Crippen molar-refractivity contribution in [3.05, 3.63) is 66.5 Å². The lowest BCUT2D eigenvalue weighted by Gasteiger charge is -2.31. The van der Waals surface area contributed by atoms with Crippen LogP contribution < -0.4 is 15.4 Å². The molecule has 218 valence electrons. The Kier molecular flexibility index (Phi) is 8.05. The van der Waals surface area contributed by atoms with Crippen molar-refractivity contribution in [2.24, 2.45) is 0 Å². The average Bonchev–Trinajstić information content (AvgIpc) is 3.00. The summed E-state index contributed by atoms with van der Waals surface area (Å²) >= 11 is 0. The molecule has 2 aromatic carbocycles. The summed E-state index contributed by atoms with van der Waals surface area (Å²) in [5.74, 6) is 1.57. The Morgan fingerprint density at radius 3 is 2.69 bits per heavy atom. The number of aliphatic hydroxyl groups excluding tert-OH is 1. The number of aryl methyl sites for hydroxylation is 1. The summed E-state index contributed by atoms with van der Waals surface area (Å²) in [6, 6.07) is 15.8. The molecule has 6 rings (SSSR count). The third-order valence-corrected chi connectivity index (χ3v) is 8.21. The van der Waals surface area contributed by atoms with Crippen LogP contribution >= 0.6 is 0 Å². The Morgan fingerprint density at radius 2 is 1.83 bits per heavy atom. The van der Waals surface area contributed by atoms with Gasteiger partial charge in [-0.05, 0) is 62.4 Å². The second-order valence-corrected chi connectivity index (χ2v) is 11.2. The van der Waals surface area contributed by atoms with Crippen LogP contribution in [0.5, 0.6) is 11.6 Å². The molecule has 42 heavy (non-hydrogen) atoms. The number of anilines is 2. The summed E-state index contributed by atoms with van der Waals surface area (Å²) in [5.41, 5.74) is 3.31. The summed E-state index contributed by atoms with van der Waals surface area (Å²) in [6.45, 7) is 2.94. The van der Waals surface area contributed by atoms with Crippen molar-refractivity contribution in [3.8, 4) is 22.9 Å². The minimum Gasteiger partial charge on any atom is -0.465 e. The molecule has 4 N–H and O–H groups in total. The summed E-state index contributed by atoms with van der Waals surface area (Å²) < 4.78 is 6.56. The van der Waals surface area contributed by atoms with Gasteiger partial charge >= 0.3 is 6.09 Å². The second-order valence-electron chi connectivity index (χ2n) is 11.2. The lowest BCUT2D eigenvalue weighted by atomic mass is 9.92. The summed E-state index contributed by atoms with van der Waals surface area (Å²) in [5, 5.41) is 28.8. The van der Waals surface area contributed by atoms with E-state index in [9.17, 15) is 15.0 Å². The number of amides is 1. The number of benzene rings is 2. The van der Waals surface area contributed by atoms with Crippen molar-refractivity contribution in [3.63, 3.8) is 0 Å². The average molecular weight is 569 g/mol. The maximum Gasteiger partial charge on any atom is 0.407 e. The van der Waals surface area contributed by atoms with E-state index in [0.29, 0.717) is 36.4 Å². The van der Waals surface area contributed by atoms with Gasteiger partial charge in [-0.15, -0.1) is 0 Å². The number of ether oxygens (including phenoxy) is 1. The molecule has 1 saturated heterocycles. The molecule has 10 nitrogen and oxygen atoms in total. The van der Waals surface area contributed by atoms with Crippen molar-refractivity contribution >= 4 is 28.5 Å². The molecule has 1 amide bonds. The van der Waals surface area contributed by atoms with Crippen molar-refractivity contribution in [2.45, 2.75) is 63.6 Å². The fourth-order valence-corrected chi connectivity index (χ4v) is 5.97. The number of hydrogen-bond acceptors (Lipinski definition) is 8. The van der Waals surface area contributed by atoms with Gasteiger partial charge in [-0.1, -0.05) is 37.1 Å². The van der Waals surface area contributed by atoms with Gasteiger partial charge in [0, 0.05) is 48.0 Å². The van der Waals surface area contributed by atoms with Gasteiger partial charge in [-0.2, -0.15) is 0 Å². The van der Waals surface area contributed by atoms with Crippen molar-refractivity contribution in [1.82, 2.24) is 19.9 Å². The Labute approximate surface area is 244 Å². The molecular weight excluding hydrogens is 532 g/mol. The molecular formula is C32H36N6O4. The first-order valence-electron chi connectivity index (χ1n) is 14.6. The molecule has 4 aromatic rings. The fourth-order valence-electron chi connectivity index (χ4n) is 5.97. The highest BCUT2D eigenvalue weighted by atomic mass is 16.5. The number of fused-ring (bicyclic) bond motifs is 1. The van der Waals surface area contributed by atoms with Crippen LogP contribution in [0, 0.1) is 6.92 Å². The van der Waals surface area contributed by atoms with Crippen LogP contribution in [-0.2, 0) is 0 Å². The highest BCUT2D eigenvalue weighted by Gasteiger charge is 2.25. The maximum absolute atomic E-state index is 11.4. The first kappa shape index (κ1) is 27.7. The molecule has 2 aliphatic rings. The lowest BCUT2D eigenvalue weighted by molar-refractivity contribution is 0.116. The molecule has 0 spiro atoms. The molecule has 3 unspecified atom stereocenters. The number of carbonyl (C=O) groups is 1. The fraction of sp³-hybridized carbons (Fsp3) is 0.375. The first-order valence-corrected chi connectivity index (χ1v) is 14.6. The molecule has 2 aromatic heterocycles. The number of pyridine rings is 1. The number of hydrogen-bond donors (Lipinski definition) is 4. The van der Waals surface area contributed by atoms with Crippen LogP contribution in [0.2, 0.25) is 0 Å². The molecule has 0 bridgehead atoms. The Bertz CT molecular complexity index is 1580. The number of likely N-dealkylation sites (tertiary alicyclic amines) is 1. The van der Waals surface area contributed by atoms with E-state index >= 15 is 0 Å². The molecule has 3 atom stereocenters. The predicted octanol–water partition coefficient (Wildman–Crippen LogP) is 6.06. The highest BCUT2D eigenvalue weighted by Crippen LogP contribution is 2.39. The van der Waals surface area contributed by atoms with E-state index in [-0.39, 0.29) is 18.2 Å². The second kappa shape index (κ2) is 12.2. The Morgan fingerprint density at radius 1 is 0.952 bits per heavy atom. The Hall–Kier alpha value is -4.44. The Balaban J connectivity index is 1.28. The topological polar surface area (TPSA) is 133 Å². The standard InChI is InChI=1S/C32H36N6O4/c1-20-13-14-22-23(8-4-11-25(22)36-27-10-2-3-12-28(27)39)29(20)42-30-24(9-5-16-33-30)26-15-17-34-31(37-26)35-21-7-6-18-38(19-21)32(40)41/h4-5,8-9,11,13-17,21,27-28,36,39H,2-3,6-7,10,12,18-19H2,1H3,(H,40,41)(H,34,35,37). The SMILES string of the molecule is Cc1ccc2c(NC3CCCCC3O)cccc2c1Oc1ncccc1-c1ccnc(NC2CCCN(C(=O)O)C2)n1. The highest BCUT2D eigenvalue weighted by molar-refractivity contribution is 5.98. The number of rotatable bonds is 7. The van der Waals surface area contributed by atoms with E-state index in [2.05, 4.69) is 26.7 Å². The molecule has 2 fully saturated rings. The van der Waals surface area contributed by atoms with Crippen LogP contribution in [0.25, 0.3) is 22.0 Å². The zero-order valence-electron chi connectivity index (χ0n) is 23.7. The van der Waals surface area contributed by atoms with Crippen molar-refractivity contribution in [1.29, 1.82) is 0 Å². The van der Waals surface area contributed by atoms with Crippen LogP contribution in [-0.4, -0.2) is 67.4 Å². The van der Waals surface area contributed by atoms with Crippen molar-refractivity contribution in [2.75, 3.05) is 23.7 Å². The number of aromatic nitrogens is 3. The van der Waals surface area contributed by atoms with Crippen molar-refractivity contribution < 1.29 is 19.7 Å². The van der Waals surface area contributed by atoms with E-state index in [1.807, 2.05) is 49.4 Å². The minimum atomic E-state index is -0.911. The van der Waals surface area contributed by atoms with Gasteiger partial charge in [0.2, 0.25) is 11.8 Å². The zero-order chi connectivity index (χ0) is 29.1. The zero-order valence-corrected chi connectivity index (χ0v) is 23.7. The number of nitrogens with one attached hydrogen (secondary N) is 2. The summed E-state index contributed by atoms with van der Waals surface area (Å²) in [6.07, 6.45) is 7.67. The van der Waals surface area contributed by atoms with Crippen LogP contribution in [0.15, 0.2) is 60.9 Å². The van der Waals surface area contributed by atoms with Gasteiger partial charge in [0.1, 0.15) is 5.75 Å². The molecule has 1 saturated carbocycles. The lowest BCUT2D eigenvalue weighted by Crippen LogP contribution is -2.44. The monoisotopic (exact) mass is 568 g/mol. The van der Waals surface area contributed by atoms with Gasteiger partial charge in [-0.3, -0.25) is 0 Å². The molecule has 0 radical (unpaired) electrons. The molecule has 1 aliphatic heterocycles. The number of carboxylic acid groups (broad SMARTS) is 1. The van der Waals surface area contributed by atoms with Crippen LogP contribution in [0.1, 0.15) is 44.1 Å². The number of piperidine rings is 1. The van der Waals surface area contributed by atoms with Gasteiger partial charge in [-0.25, -0.2) is 19.7 Å². The first-order chi connectivity index (χ1) is 20.5. The van der Waals surface area contributed by atoms with Gasteiger partial charge < -0.3 is 30.5 Å². The summed E-state index contributed by atoms with van der Waals surface area (Å²) in [7, 11) is 0. The van der Waals surface area contributed by atoms with E-state index in [0.717, 1.165) is 66.1 Å². The van der Waals surface area contributed by atoms with Crippen LogP contribution in [0.4, 0.5) is 16.4 Å². The van der Waals surface area contributed by atoms with E-state index < -0.39 is 6.09 Å². The minimum absolute atomic E-state index is 0.0267. The summed E-state index contributed by atoms with van der Waals surface area (Å²) in [4.78, 5) is 26.6. The van der Waals surface area contributed by atoms with E-state index in [1.165, 1.54) is 4.90 Å². The normalized spacial score (nSPS) is 20.7. The third kappa shape index (κ3) is 5.94. The molecule has 10 heteroatoms. The van der Waals surface area contributed by atoms with Gasteiger partial charge in [0.25, 0.3) is 0 Å². The van der Waals surface area contributed by atoms with Gasteiger partial charge in [0.15, 0.2) is 0 Å². The largest absolute Gasteiger partial charge is 0.465 e. The predicted molar refractivity (Wildman–Crippen MR) is 162 cm³/mol. The van der Waals surface area contributed by atoms with Gasteiger partial charge in [0.05, 0.1) is 23.4 Å². The maximum atomic E-state index is 11.4. The third-order valence-electron chi connectivity index (χ3n) is 8.21. The van der Waals surface area contributed by atoms with E-state index in [1.54, 1.807) is 12.4 Å². The smallest absolute Gasteiger partial charge is 0.407 e. The van der Waals surface area contributed by atoms with Crippen LogP contribution in [0.3, 0.4) is 0 Å².